The molecule has 0 aliphatic carbocycles. The first-order valence-corrected chi connectivity index (χ1v) is 6.61. The molecule has 1 fully saturated rings. The summed E-state index contributed by atoms with van der Waals surface area (Å²) in [6.07, 6.45) is 4.84. The van der Waals surface area contributed by atoms with Gasteiger partial charge in [-0.25, -0.2) is 0 Å². The summed E-state index contributed by atoms with van der Waals surface area (Å²) in [6.45, 7) is 2.33. The number of anilines is 1. The lowest BCUT2D eigenvalue weighted by molar-refractivity contribution is 0.112. The molecule has 2 aromatic rings. The molecule has 92 valence electrons. The highest BCUT2D eigenvalue weighted by molar-refractivity contribution is 5.90. The van der Waals surface area contributed by atoms with Gasteiger partial charge in [-0.1, -0.05) is 18.2 Å². The molecule has 0 amide bonds. The van der Waals surface area contributed by atoms with Crippen LogP contribution in [0.5, 0.6) is 0 Å². The third-order valence-electron chi connectivity index (χ3n) is 3.71. The van der Waals surface area contributed by atoms with E-state index < -0.39 is 0 Å². The molecule has 0 aromatic heterocycles. The first kappa shape index (κ1) is 11.3. The minimum absolute atomic E-state index is 0.744. The molecular weight excluding hydrogens is 222 g/mol. The zero-order chi connectivity index (χ0) is 12.4. The van der Waals surface area contributed by atoms with E-state index in [1.807, 2.05) is 18.2 Å². The van der Waals surface area contributed by atoms with E-state index in [0.29, 0.717) is 0 Å². The Hall–Kier alpha value is -1.83. The number of carbonyl (C=O) groups excluding carboxylic acids is 1. The van der Waals surface area contributed by atoms with Gasteiger partial charge in [-0.15, -0.1) is 0 Å². The lowest BCUT2D eigenvalue weighted by atomic mass is 10.0. The van der Waals surface area contributed by atoms with Gasteiger partial charge in [-0.2, -0.15) is 0 Å². The van der Waals surface area contributed by atoms with Crippen molar-refractivity contribution >= 4 is 22.7 Å². The zero-order valence-electron chi connectivity index (χ0n) is 10.4. The fourth-order valence-electron chi connectivity index (χ4n) is 2.67. The van der Waals surface area contributed by atoms with E-state index in [1.165, 1.54) is 30.3 Å². The lowest BCUT2D eigenvalue weighted by Crippen LogP contribution is -2.29. The van der Waals surface area contributed by atoms with Crippen molar-refractivity contribution in [3.63, 3.8) is 0 Å². The van der Waals surface area contributed by atoms with Gasteiger partial charge in [0.2, 0.25) is 0 Å². The predicted octanol–water partition coefficient (Wildman–Crippen LogP) is 3.64. The summed E-state index contributed by atoms with van der Waals surface area (Å²) in [6, 6.07) is 12.4. The monoisotopic (exact) mass is 239 g/mol. The van der Waals surface area contributed by atoms with Crippen LogP contribution in [0.3, 0.4) is 0 Å². The van der Waals surface area contributed by atoms with Crippen LogP contribution in [0.1, 0.15) is 29.6 Å². The molecule has 2 heteroatoms. The normalized spacial score (nSPS) is 15.9. The van der Waals surface area contributed by atoms with Crippen molar-refractivity contribution in [2.75, 3.05) is 18.0 Å². The van der Waals surface area contributed by atoms with Crippen LogP contribution in [0.25, 0.3) is 10.8 Å². The summed E-state index contributed by atoms with van der Waals surface area (Å²) in [7, 11) is 0. The van der Waals surface area contributed by atoms with E-state index in [2.05, 4.69) is 23.1 Å². The molecule has 1 aliphatic rings. The van der Waals surface area contributed by atoms with Crippen LogP contribution in [0.2, 0.25) is 0 Å². The maximum absolute atomic E-state index is 10.8. The van der Waals surface area contributed by atoms with Crippen molar-refractivity contribution in [2.24, 2.45) is 0 Å². The van der Waals surface area contributed by atoms with Crippen molar-refractivity contribution in [3.05, 3.63) is 42.0 Å². The van der Waals surface area contributed by atoms with Crippen LogP contribution >= 0.6 is 0 Å². The molecule has 0 atom stereocenters. The second-order valence-corrected chi connectivity index (χ2v) is 4.96. The Morgan fingerprint density at radius 3 is 2.39 bits per heavy atom. The molecule has 1 aliphatic heterocycles. The molecule has 3 rings (SSSR count). The first-order chi connectivity index (χ1) is 8.86. The van der Waals surface area contributed by atoms with Crippen molar-refractivity contribution in [2.45, 2.75) is 19.3 Å². The highest BCUT2D eigenvalue weighted by Crippen LogP contribution is 2.25. The standard InChI is InChI=1S/C16H17NO/c18-12-13-4-5-15-11-16(7-6-14(15)10-13)17-8-2-1-3-9-17/h4-7,10-12H,1-3,8-9H2. The average Bonchev–Trinajstić information content (AvgIpc) is 2.47. The number of piperidine rings is 1. The number of hydrogen-bond acceptors (Lipinski definition) is 2. The number of nitrogens with zero attached hydrogens (tertiary/aromatic N) is 1. The maximum Gasteiger partial charge on any atom is 0.150 e. The third kappa shape index (κ3) is 2.10. The van der Waals surface area contributed by atoms with Crippen LogP contribution in [0.15, 0.2) is 36.4 Å². The topological polar surface area (TPSA) is 20.3 Å². The van der Waals surface area contributed by atoms with Crippen LogP contribution in [-0.4, -0.2) is 19.4 Å². The molecule has 1 saturated heterocycles. The molecular formula is C16H17NO. The third-order valence-corrected chi connectivity index (χ3v) is 3.71. The SMILES string of the molecule is O=Cc1ccc2cc(N3CCCCC3)ccc2c1. The minimum Gasteiger partial charge on any atom is -0.372 e. The second kappa shape index (κ2) is 4.81. The van der Waals surface area contributed by atoms with E-state index in [9.17, 15) is 4.79 Å². The van der Waals surface area contributed by atoms with Gasteiger partial charge in [0.1, 0.15) is 6.29 Å². The smallest absolute Gasteiger partial charge is 0.150 e. The molecule has 0 saturated carbocycles. The average molecular weight is 239 g/mol. The first-order valence-electron chi connectivity index (χ1n) is 6.61. The Bertz CT molecular complexity index is 570. The van der Waals surface area contributed by atoms with E-state index in [4.69, 9.17) is 0 Å². The summed E-state index contributed by atoms with van der Waals surface area (Å²) in [5.41, 5.74) is 2.05. The zero-order valence-corrected chi connectivity index (χ0v) is 10.4. The number of hydrogen-bond donors (Lipinski definition) is 0. The van der Waals surface area contributed by atoms with Gasteiger partial charge in [-0.05, 0) is 48.2 Å². The maximum atomic E-state index is 10.8. The highest BCUT2D eigenvalue weighted by atomic mass is 16.1. The van der Waals surface area contributed by atoms with Gasteiger partial charge >= 0.3 is 0 Å². The number of benzene rings is 2. The summed E-state index contributed by atoms with van der Waals surface area (Å²) in [5.74, 6) is 0. The molecule has 2 aromatic carbocycles. The summed E-state index contributed by atoms with van der Waals surface area (Å²) < 4.78 is 0. The van der Waals surface area contributed by atoms with Crippen molar-refractivity contribution < 1.29 is 4.79 Å². The number of carbonyl (C=O) groups is 1. The largest absolute Gasteiger partial charge is 0.372 e. The van der Waals surface area contributed by atoms with Gasteiger partial charge < -0.3 is 4.90 Å². The van der Waals surface area contributed by atoms with Crippen LogP contribution in [0, 0.1) is 0 Å². The molecule has 2 nitrogen and oxygen atoms in total. The van der Waals surface area contributed by atoms with Gasteiger partial charge in [0, 0.05) is 24.3 Å². The predicted molar refractivity (Wildman–Crippen MR) is 75.4 cm³/mol. The molecule has 0 unspecified atom stereocenters. The summed E-state index contributed by atoms with van der Waals surface area (Å²) in [4.78, 5) is 13.2. The number of aldehydes is 1. The number of rotatable bonds is 2. The van der Waals surface area contributed by atoms with Crippen molar-refractivity contribution in [1.29, 1.82) is 0 Å². The lowest BCUT2D eigenvalue weighted by Gasteiger charge is -2.29. The van der Waals surface area contributed by atoms with Crippen LogP contribution in [0.4, 0.5) is 5.69 Å². The van der Waals surface area contributed by atoms with E-state index in [-0.39, 0.29) is 0 Å². The molecule has 0 N–H and O–H groups in total. The molecule has 1 heterocycles. The van der Waals surface area contributed by atoms with E-state index >= 15 is 0 Å². The molecule has 0 radical (unpaired) electrons. The van der Waals surface area contributed by atoms with E-state index in [1.54, 1.807) is 0 Å². The Morgan fingerprint density at radius 1 is 0.889 bits per heavy atom. The fraction of sp³-hybridized carbons (Fsp3) is 0.312. The Morgan fingerprint density at radius 2 is 1.61 bits per heavy atom. The van der Waals surface area contributed by atoms with E-state index in [0.717, 1.165) is 30.3 Å². The van der Waals surface area contributed by atoms with Gasteiger partial charge in [0.05, 0.1) is 0 Å². The van der Waals surface area contributed by atoms with Crippen LogP contribution < -0.4 is 4.90 Å². The van der Waals surface area contributed by atoms with Gasteiger partial charge in [-0.3, -0.25) is 4.79 Å². The Balaban J connectivity index is 1.97. The summed E-state index contributed by atoms with van der Waals surface area (Å²) >= 11 is 0. The Kier molecular flexibility index (Phi) is 3.01. The molecule has 18 heavy (non-hydrogen) atoms. The fourth-order valence-corrected chi connectivity index (χ4v) is 2.67. The quantitative estimate of drug-likeness (QED) is 0.746. The highest BCUT2D eigenvalue weighted by Gasteiger charge is 2.10. The summed E-state index contributed by atoms with van der Waals surface area (Å²) in [5, 5.41) is 2.35. The molecule has 0 bridgehead atoms. The van der Waals surface area contributed by atoms with Gasteiger partial charge in [0.15, 0.2) is 0 Å². The number of fused-ring (bicyclic) bond motifs is 1. The minimum atomic E-state index is 0.744. The van der Waals surface area contributed by atoms with Crippen molar-refractivity contribution in [1.82, 2.24) is 0 Å². The second-order valence-electron chi connectivity index (χ2n) is 4.96. The van der Waals surface area contributed by atoms with Crippen molar-refractivity contribution in [3.8, 4) is 0 Å². The van der Waals surface area contributed by atoms with Gasteiger partial charge in [0.25, 0.3) is 0 Å². The molecule has 0 spiro atoms. The Labute approximate surface area is 107 Å². The van der Waals surface area contributed by atoms with Crippen LogP contribution in [-0.2, 0) is 0 Å².